The van der Waals surface area contributed by atoms with Crippen LogP contribution in [-0.2, 0) is 0 Å². The Labute approximate surface area is 86.1 Å². The summed E-state index contributed by atoms with van der Waals surface area (Å²) in [4.78, 5) is 0. The average molecular weight is 200 g/mol. The Balaban J connectivity index is 4.07. The van der Waals surface area contributed by atoms with Gasteiger partial charge in [-0.3, -0.25) is 5.32 Å². The van der Waals surface area contributed by atoms with Gasteiger partial charge in [0, 0.05) is 10.5 Å². The Hall–Kier alpha value is -0.200. The summed E-state index contributed by atoms with van der Waals surface area (Å²) in [5, 5.41) is 12.2. The van der Waals surface area contributed by atoms with Crippen molar-refractivity contribution in [2.45, 2.75) is 44.9 Å². The summed E-state index contributed by atoms with van der Waals surface area (Å²) in [6.45, 7) is 11.3. The van der Waals surface area contributed by atoms with E-state index in [0.717, 1.165) is 12.3 Å². The molecule has 0 aliphatic carbocycles. The normalized spacial score (nSPS) is 16.3. The number of nitrogens with one attached hydrogen (secondary N) is 1. The van der Waals surface area contributed by atoms with E-state index in [1.165, 1.54) is 0 Å². The van der Waals surface area contributed by atoms with Gasteiger partial charge in [-0.1, -0.05) is 27.7 Å². The standard InChI is InChI=1S/C10H20N2S/c1-6-12-10(5,7-11)8-13-9(2,3)4/h12H,6,8H2,1-5H3. The molecule has 0 saturated heterocycles. The van der Waals surface area contributed by atoms with Gasteiger partial charge in [0.25, 0.3) is 0 Å². The van der Waals surface area contributed by atoms with Gasteiger partial charge in [0.05, 0.1) is 6.07 Å². The van der Waals surface area contributed by atoms with Gasteiger partial charge < -0.3 is 0 Å². The van der Waals surface area contributed by atoms with E-state index in [9.17, 15) is 0 Å². The smallest absolute Gasteiger partial charge is 0.113 e. The Morgan fingerprint density at radius 3 is 2.15 bits per heavy atom. The summed E-state index contributed by atoms with van der Waals surface area (Å²) in [6, 6.07) is 2.32. The van der Waals surface area contributed by atoms with Crippen LogP contribution in [0, 0.1) is 11.3 Å². The molecule has 0 rings (SSSR count). The highest BCUT2D eigenvalue weighted by Gasteiger charge is 2.25. The predicted molar refractivity (Wildman–Crippen MR) is 59.9 cm³/mol. The second kappa shape index (κ2) is 4.88. The van der Waals surface area contributed by atoms with Crippen LogP contribution < -0.4 is 5.32 Å². The maximum absolute atomic E-state index is 8.99. The molecule has 0 spiro atoms. The number of nitrogens with zero attached hydrogens (tertiary/aromatic N) is 1. The topological polar surface area (TPSA) is 35.8 Å². The minimum atomic E-state index is -0.382. The number of hydrogen-bond acceptors (Lipinski definition) is 3. The molecular formula is C10H20N2S. The molecule has 0 aromatic rings. The van der Waals surface area contributed by atoms with E-state index < -0.39 is 0 Å². The second-order valence-electron chi connectivity index (χ2n) is 4.38. The molecule has 0 amide bonds. The third kappa shape index (κ3) is 5.95. The fourth-order valence-corrected chi connectivity index (χ4v) is 1.76. The SMILES string of the molecule is CCNC(C)(C#N)CSC(C)(C)C. The first-order chi connectivity index (χ1) is 5.83. The van der Waals surface area contributed by atoms with Gasteiger partial charge in [0.15, 0.2) is 0 Å². The maximum atomic E-state index is 8.99. The molecule has 0 aliphatic heterocycles. The molecule has 13 heavy (non-hydrogen) atoms. The lowest BCUT2D eigenvalue weighted by atomic mass is 10.1. The Kier molecular flexibility index (Phi) is 4.80. The molecule has 0 bridgehead atoms. The molecule has 3 heteroatoms. The molecule has 76 valence electrons. The molecule has 0 aliphatic rings. The number of thioether (sulfide) groups is 1. The summed E-state index contributed by atoms with van der Waals surface area (Å²) in [7, 11) is 0. The second-order valence-corrected chi connectivity index (χ2v) is 6.18. The molecule has 0 fully saturated rings. The van der Waals surface area contributed by atoms with Gasteiger partial charge >= 0.3 is 0 Å². The monoisotopic (exact) mass is 200 g/mol. The molecule has 1 N–H and O–H groups in total. The van der Waals surface area contributed by atoms with Crippen molar-refractivity contribution in [2.24, 2.45) is 0 Å². The molecule has 1 atom stereocenters. The molecule has 0 radical (unpaired) electrons. The Bertz CT molecular complexity index is 190. The van der Waals surface area contributed by atoms with Gasteiger partial charge in [0.2, 0.25) is 0 Å². The van der Waals surface area contributed by atoms with Crippen molar-refractivity contribution in [3.05, 3.63) is 0 Å². The first-order valence-corrected chi connectivity index (χ1v) is 5.62. The molecule has 1 unspecified atom stereocenters. The zero-order valence-electron chi connectivity index (χ0n) is 9.27. The van der Waals surface area contributed by atoms with Crippen LogP contribution >= 0.6 is 11.8 Å². The van der Waals surface area contributed by atoms with E-state index >= 15 is 0 Å². The van der Waals surface area contributed by atoms with Crippen LogP contribution in [0.25, 0.3) is 0 Å². The number of hydrogen-bond donors (Lipinski definition) is 1. The molecule has 0 heterocycles. The van der Waals surface area contributed by atoms with E-state index in [1.54, 1.807) is 0 Å². The summed E-state index contributed by atoms with van der Waals surface area (Å²) in [5.41, 5.74) is -0.382. The Morgan fingerprint density at radius 2 is 1.85 bits per heavy atom. The van der Waals surface area contributed by atoms with E-state index in [2.05, 4.69) is 32.2 Å². The van der Waals surface area contributed by atoms with Crippen LogP contribution in [0.2, 0.25) is 0 Å². The molecule has 0 aromatic heterocycles. The average Bonchev–Trinajstić information content (AvgIpc) is 2.01. The van der Waals surface area contributed by atoms with Gasteiger partial charge in [-0.2, -0.15) is 17.0 Å². The van der Waals surface area contributed by atoms with Crippen molar-refractivity contribution < 1.29 is 0 Å². The summed E-state index contributed by atoms with van der Waals surface area (Å²) < 4.78 is 0.230. The van der Waals surface area contributed by atoms with E-state index in [-0.39, 0.29) is 10.3 Å². The first-order valence-electron chi connectivity index (χ1n) is 4.63. The van der Waals surface area contributed by atoms with Gasteiger partial charge in [-0.05, 0) is 13.5 Å². The predicted octanol–water partition coefficient (Wildman–Crippen LogP) is 2.41. The quantitative estimate of drug-likeness (QED) is 0.757. The molecule has 2 nitrogen and oxygen atoms in total. The minimum Gasteiger partial charge on any atom is -0.299 e. The van der Waals surface area contributed by atoms with Crippen molar-refractivity contribution in [3.8, 4) is 6.07 Å². The fourth-order valence-electron chi connectivity index (χ4n) is 0.874. The zero-order chi connectivity index (χ0) is 10.5. The minimum absolute atomic E-state index is 0.230. The van der Waals surface area contributed by atoms with Crippen molar-refractivity contribution in [1.82, 2.24) is 5.32 Å². The molecule has 0 aromatic carbocycles. The van der Waals surface area contributed by atoms with E-state index in [1.807, 2.05) is 25.6 Å². The van der Waals surface area contributed by atoms with Crippen molar-refractivity contribution in [3.63, 3.8) is 0 Å². The zero-order valence-corrected chi connectivity index (χ0v) is 10.1. The third-order valence-electron chi connectivity index (χ3n) is 1.61. The lowest BCUT2D eigenvalue weighted by Crippen LogP contribution is -2.44. The van der Waals surface area contributed by atoms with Crippen molar-refractivity contribution >= 4 is 11.8 Å². The van der Waals surface area contributed by atoms with Crippen molar-refractivity contribution in [2.75, 3.05) is 12.3 Å². The highest BCUT2D eigenvalue weighted by Crippen LogP contribution is 2.26. The summed E-state index contributed by atoms with van der Waals surface area (Å²) >= 11 is 1.82. The van der Waals surface area contributed by atoms with Crippen LogP contribution in [0.1, 0.15) is 34.6 Å². The largest absolute Gasteiger partial charge is 0.299 e. The van der Waals surface area contributed by atoms with E-state index in [4.69, 9.17) is 5.26 Å². The highest BCUT2D eigenvalue weighted by atomic mass is 32.2. The lowest BCUT2D eigenvalue weighted by molar-refractivity contribution is 0.509. The van der Waals surface area contributed by atoms with Crippen LogP contribution in [0.5, 0.6) is 0 Å². The lowest BCUT2D eigenvalue weighted by Gasteiger charge is -2.26. The first kappa shape index (κ1) is 12.8. The maximum Gasteiger partial charge on any atom is 0.113 e. The van der Waals surface area contributed by atoms with Crippen LogP contribution in [0.4, 0.5) is 0 Å². The van der Waals surface area contributed by atoms with Crippen LogP contribution in [0.3, 0.4) is 0 Å². The van der Waals surface area contributed by atoms with Crippen molar-refractivity contribution in [1.29, 1.82) is 5.26 Å². The van der Waals surface area contributed by atoms with Gasteiger partial charge in [-0.25, -0.2) is 0 Å². The summed E-state index contributed by atoms with van der Waals surface area (Å²) in [6.07, 6.45) is 0. The van der Waals surface area contributed by atoms with Gasteiger partial charge in [-0.15, -0.1) is 0 Å². The van der Waals surface area contributed by atoms with Crippen LogP contribution in [0.15, 0.2) is 0 Å². The van der Waals surface area contributed by atoms with Crippen LogP contribution in [-0.4, -0.2) is 22.6 Å². The molecular weight excluding hydrogens is 180 g/mol. The summed E-state index contributed by atoms with van der Waals surface area (Å²) in [5.74, 6) is 0.834. The Morgan fingerprint density at radius 1 is 1.31 bits per heavy atom. The highest BCUT2D eigenvalue weighted by molar-refractivity contribution is 8.00. The fraction of sp³-hybridized carbons (Fsp3) is 0.900. The third-order valence-corrected chi connectivity index (χ3v) is 3.20. The molecule has 0 saturated carbocycles. The number of nitriles is 1. The van der Waals surface area contributed by atoms with E-state index in [0.29, 0.717) is 0 Å². The number of rotatable bonds is 4. The van der Waals surface area contributed by atoms with Gasteiger partial charge in [0.1, 0.15) is 5.54 Å².